The Bertz CT molecular complexity index is 949. The third-order valence-corrected chi connectivity index (χ3v) is 5.66. The van der Waals surface area contributed by atoms with Gasteiger partial charge in [0.05, 0.1) is 40.8 Å². The highest BCUT2D eigenvalue weighted by Crippen LogP contribution is 2.46. The summed E-state index contributed by atoms with van der Waals surface area (Å²) in [6.07, 6.45) is -2.47. The van der Waals surface area contributed by atoms with Crippen molar-refractivity contribution in [1.82, 2.24) is 0 Å². The Morgan fingerprint density at radius 3 is 2.24 bits per heavy atom. The van der Waals surface area contributed by atoms with Crippen LogP contribution in [0.25, 0.3) is 0 Å². The molecule has 0 aliphatic heterocycles. The molecule has 0 heterocycles. The number of quaternary nitrogens is 1. The zero-order valence-corrected chi connectivity index (χ0v) is 20.5. The van der Waals surface area contributed by atoms with Gasteiger partial charge in [0.15, 0.2) is 6.10 Å². The van der Waals surface area contributed by atoms with E-state index in [0.29, 0.717) is 36.7 Å². The Kier molecular flexibility index (Phi) is 10.5. The van der Waals surface area contributed by atoms with Gasteiger partial charge >= 0.3 is 13.8 Å². The number of carbonyl (C=O) groups is 1. The molecular formula is C23H33NO9P+. The van der Waals surface area contributed by atoms with Crippen LogP contribution in [0.1, 0.15) is 19.3 Å². The standard InChI is InChI=1S/C23H32NO9P/c1-24(2,3)23(27)21(17-22(25)26)33-34(28,29)31-15-8-7-14-30-19-12-9-13-20(16-19)32-18-10-5-4-6-11-18/h4-6,9-13,16,21,23,27H,7-8,14-15,17H2,1-3H3,(H-,25,26,28,29)/p+1/t21-,23?/m1/s1. The molecule has 2 unspecified atom stereocenters. The molecule has 0 aromatic heterocycles. The lowest BCUT2D eigenvalue weighted by molar-refractivity contribution is -0.922. The molecular weight excluding hydrogens is 465 g/mol. The fraction of sp³-hybridized carbons (Fsp3) is 0.435. The maximum Gasteiger partial charge on any atom is 0.472 e. The average molecular weight is 498 g/mol. The number of benzene rings is 2. The Balaban J connectivity index is 1.75. The molecule has 0 aliphatic rings. The molecule has 2 aromatic carbocycles. The first-order valence-corrected chi connectivity index (χ1v) is 12.3. The van der Waals surface area contributed by atoms with Crippen molar-refractivity contribution in [2.24, 2.45) is 0 Å². The lowest BCUT2D eigenvalue weighted by Gasteiger charge is -2.34. The summed E-state index contributed by atoms with van der Waals surface area (Å²) in [4.78, 5) is 21.0. The minimum atomic E-state index is -4.57. The number of unbranched alkanes of at least 4 members (excludes halogenated alkanes) is 1. The molecule has 0 fully saturated rings. The number of aliphatic carboxylic acids is 1. The number of carboxylic acid groups (broad SMARTS) is 1. The fourth-order valence-corrected chi connectivity index (χ4v) is 3.84. The van der Waals surface area contributed by atoms with Gasteiger partial charge in [-0.15, -0.1) is 0 Å². The highest BCUT2D eigenvalue weighted by molar-refractivity contribution is 7.47. The van der Waals surface area contributed by atoms with Crippen LogP contribution in [0.2, 0.25) is 0 Å². The van der Waals surface area contributed by atoms with Gasteiger partial charge in [0.1, 0.15) is 17.2 Å². The van der Waals surface area contributed by atoms with Gasteiger partial charge in [-0.2, -0.15) is 0 Å². The van der Waals surface area contributed by atoms with Gasteiger partial charge in [-0.25, -0.2) is 4.57 Å². The van der Waals surface area contributed by atoms with E-state index in [1.54, 1.807) is 33.3 Å². The molecule has 0 bridgehead atoms. The summed E-state index contributed by atoms with van der Waals surface area (Å²) in [6.45, 7) is 0.241. The van der Waals surface area contributed by atoms with E-state index in [0.717, 1.165) is 0 Å². The topological polar surface area (TPSA) is 132 Å². The van der Waals surface area contributed by atoms with E-state index in [2.05, 4.69) is 0 Å². The van der Waals surface area contributed by atoms with Crippen LogP contribution in [0.4, 0.5) is 0 Å². The number of para-hydroxylation sites is 1. The number of hydrogen-bond acceptors (Lipinski definition) is 7. The molecule has 0 spiro atoms. The van der Waals surface area contributed by atoms with Crippen LogP contribution in [-0.2, 0) is 18.4 Å². The maximum absolute atomic E-state index is 12.2. The lowest BCUT2D eigenvalue weighted by atomic mass is 10.2. The Hall–Kier alpha value is -2.46. The Labute approximate surface area is 199 Å². The number of phosphoric acid groups is 1. The first-order valence-electron chi connectivity index (χ1n) is 10.8. The van der Waals surface area contributed by atoms with Crippen molar-refractivity contribution in [1.29, 1.82) is 0 Å². The van der Waals surface area contributed by atoms with Crippen LogP contribution in [0.15, 0.2) is 54.6 Å². The summed E-state index contributed by atoms with van der Waals surface area (Å²) in [6, 6.07) is 16.6. The van der Waals surface area contributed by atoms with E-state index in [1.807, 2.05) is 42.5 Å². The van der Waals surface area contributed by atoms with Gasteiger partial charge < -0.3 is 29.1 Å². The zero-order valence-electron chi connectivity index (χ0n) is 19.6. The van der Waals surface area contributed by atoms with Gasteiger partial charge in [0, 0.05) is 6.07 Å². The molecule has 11 heteroatoms. The number of nitrogens with zero attached hydrogens (tertiary/aromatic N) is 1. The fourth-order valence-electron chi connectivity index (χ4n) is 2.90. The number of carboxylic acids is 1. The average Bonchev–Trinajstić information content (AvgIpc) is 2.75. The van der Waals surface area contributed by atoms with Crippen molar-refractivity contribution in [3.8, 4) is 17.2 Å². The minimum Gasteiger partial charge on any atom is -0.493 e. The molecule has 3 N–H and O–H groups in total. The van der Waals surface area contributed by atoms with Crippen molar-refractivity contribution >= 4 is 13.8 Å². The molecule has 0 amide bonds. The quantitative estimate of drug-likeness (QED) is 0.146. The van der Waals surface area contributed by atoms with E-state index in [9.17, 15) is 19.4 Å². The number of phosphoric ester groups is 1. The second-order valence-corrected chi connectivity index (χ2v) is 9.93. The van der Waals surface area contributed by atoms with Crippen LogP contribution in [-0.4, -0.2) is 72.2 Å². The first-order chi connectivity index (χ1) is 16.0. The van der Waals surface area contributed by atoms with Crippen molar-refractivity contribution in [3.05, 3.63) is 54.6 Å². The molecule has 0 saturated heterocycles. The van der Waals surface area contributed by atoms with E-state index in [1.165, 1.54) is 0 Å². The monoisotopic (exact) mass is 498 g/mol. The summed E-state index contributed by atoms with van der Waals surface area (Å²) in [5, 5.41) is 19.3. The van der Waals surface area contributed by atoms with Crippen molar-refractivity contribution < 1.29 is 47.5 Å². The van der Waals surface area contributed by atoms with Crippen LogP contribution in [0.5, 0.6) is 17.2 Å². The highest BCUT2D eigenvalue weighted by Gasteiger charge is 2.39. The molecule has 0 saturated carbocycles. The second-order valence-electron chi connectivity index (χ2n) is 8.52. The summed E-state index contributed by atoms with van der Waals surface area (Å²) in [5.74, 6) is 0.702. The van der Waals surface area contributed by atoms with Crippen LogP contribution >= 0.6 is 7.82 Å². The maximum atomic E-state index is 12.2. The number of likely N-dealkylation sites (N-methyl/N-ethyl adjacent to an activating group) is 1. The van der Waals surface area contributed by atoms with E-state index in [4.69, 9.17) is 23.6 Å². The number of hydrogen-bond donors (Lipinski definition) is 3. The van der Waals surface area contributed by atoms with Crippen LogP contribution in [0.3, 0.4) is 0 Å². The zero-order chi connectivity index (χ0) is 25.2. The van der Waals surface area contributed by atoms with E-state index >= 15 is 0 Å². The Morgan fingerprint density at radius 1 is 0.971 bits per heavy atom. The number of aliphatic hydroxyl groups is 1. The molecule has 0 radical (unpaired) electrons. The van der Waals surface area contributed by atoms with E-state index in [-0.39, 0.29) is 11.1 Å². The molecule has 0 aliphatic carbocycles. The summed E-state index contributed by atoms with van der Waals surface area (Å²) < 4.78 is 33.5. The minimum absolute atomic E-state index is 0.0765. The molecule has 34 heavy (non-hydrogen) atoms. The Morgan fingerprint density at radius 2 is 1.59 bits per heavy atom. The van der Waals surface area contributed by atoms with Crippen molar-refractivity contribution in [2.75, 3.05) is 34.4 Å². The SMILES string of the molecule is C[N+](C)(C)C(O)[C@@H](CC(=O)O)OP(=O)(O)OCCCCOc1cccc(Oc2ccccc2)c1. The normalized spacial score (nSPS) is 15.2. The van der Waals surface area contributed by atoms with Gasteiger partial charge in [0.2, 0.25) is 6.23 Å². The summed E-state index contributed by atoms with van der Waals surface area (Å²) in [7, 11) is 0.254. The number of ether oxygens (including phenoxy) is 2. The summed E-state index contributed by atoms with van der Waals surface area (Å²) >= 11 is 0. The lowest BCUT2D eigenvalue weighted by Crippen LogP contribution is -2.52. The smallest absolute Gasteiger partial charge is 0.472 e. The third-order valence-electron chi connectivity index (χ3n) is 4.62. The van der Waals surface area contributed by atoms with Gasteiger partial charge in [-0.3, -0.25) is 13.8 Å². The predicted molar refractivity (Wildman–Crippen MR) is 125 cm³/mol. The molecule has 188 valence electrons. The van der Waals surface area contributed by atoms with E-state index < -0.39 is 32.5 Å². The van der Waals surface area contributed by atoms with Crippen molar-refractivity contribution in [3.63, 3.8) is 0 Å². The number of rotatable bonds is 15. The largest absolute Gasteiger partial charge is 0.493 e. The van der Waals surface area contributed by atoms with Gasteiger partial charge in [-0.05, 0) is 37.1 Å². The van der Waals surface area contributed by atoms with Crippen molar-refractivity contribution in [2.45, 2.75) is 31.6 Å². The van der Waals surface area contributed by atoms with Gasteiger partial charge in [-0.1, -0.05) is 24.3 Å². The molecule has 10 nitrogen and oxygen atoms in total. The highest BCUT2D eigenvalue weighted by atomic mass is 31.2. The molecule has 3 atom stereocenters. The van der Waals surface area contributed by atoms with Crippen LogP contribution in [0, 0.1) is 0 Å². The first kappa shape index (κ1) is 27.8. The number of aliphatic hydroxyl groups excluding tert-OH is 1. The molecule has 2 rings (SSSR count). The van der Waals surface area contributed by atoms with Crippen LogP contribution < -0.4 is 9.47 Å². The summed E-state index contributed by atoms with van der Waals surface area (Å²) in [5.41, 5.74) is 0. The third kappa shape index (κ3) is 10.2. The second kappa shape index (κ2) is 12.9. The predicted octanol–water partition coefficient (Wildman–Crippen LogP) is 3.64. The van der Waals surface area contributed by atoms with Gasteiger partial charge in [0.25, 0.3) is 0 Å². The molecule has 2 aromatic rings.